The van der Waals surface area contributed by atoms with E-state index in [-0.39, 0.29) is 24.1 Å². The van der Waals surface area contributed by atoms with Gasteiger partial charge in [0.25, 0.3) is 0 Å². The maximum Gasteiger partial charge on any atom is 0.314 e. The number of rotatable bonds is 4. The van der Waals surface area contributed by atoms with Crippen LogP contribution in [0.5, 0.6) is 0 Å². The largest absolute Gasteiger partial charge is 0.371 e. The number of likely N-dealkylation sites (tertiary alicyclic amines) is 2. The summed E-state index contributed by atoms with van der Waals surface area (Å²) in [5.74, 6) is 0.550. The monoisotopic (exact) mass is 521 g/mol. The topological polar surface area (TPSA) is 104 Å². The number of urea groups is 1. The zero-order chi connectivity index (χ0) is 25.1. The highest BCUT2D eigenvalue weighted by Crippen LogP contribution is 2.42. The normalized spacial score (nSPS) is 25.8. The molecule has 4 aromatic rings. The molecule has 0 spiro atoms. The minimum absolute atomic E-state index is 0.00622. The van der Waals surface area contributed by atoms with E-state index in [1.807, 2.05) is 18.5 Å². The lowest BCUT2D eigenvalue weighted by Gasteiger charge is -2.42. The van der Waals surface area contributed by atoms with Crippen LogP contribution in [0.2, 0.25) is 0 Å². The van der Waals surface area contributed by atoms with Gasteiger partial charge in [-0.15, -0.1) is 11.3 Å². The molecule has 11 heteroatoms. The maximum atomic E-state index is 15.2. The van der Waals surface area contributed by atoms with E-state index in [0.29, 0.717) is 43.6 Å². The number of H-pyrrole nitrogens is 1. The average molecular weight is 522 g/mol. The number of nitrogens with two attached hydrogens (primary N) is 1. The second-order valence-corrected chi connectivity index (χ2v) is 11.4. The first-order valence-electron chi connectivity index (χ1n) is 12.6. The van der Waals surface area contributed by atoms with Crippen molar-refractivity contribution in [3.8, 4) is 0 Å². The number of carbonyl (C=O) groups excluding carboxylic acids is 1. The summed E-state index contributed by atoms with van der Waals surface area (Å²) in [5, 5.41) is 0.864. The lowest BCUT2D eigenvalue weighted by Crippen LogP contribution is -2.47. The minimum Gasteiger partial charge on any atom is -0.371 e. The van der Waals surface area contributed by atoms with Crippen molar-refractivity contribution in [2.24, 2.45) is 17.6 Å². The van der Waals surface area contributed by atoms with Gasteiger partial charge in [-0.05, 0) is 36.1 Å². The van der Waals surface area contributed by atoms with Gasteiger partial charge in [-0.3, -0.25) is 9.80 Å². The summed E-state index contributed by atoms with van der Waals surface area (Å²) in [5.41, 5.74) is 8.02. The third-order valence-corrected chi connectivity index (χ3v) is 9.23. The molecule has 3 aromatic heterocycles. The van der Waals surface area contributed by atoms with Gasteiger partial charge in [-0.25, -0.2) is 19.2 Å². The second-order valence-electron chi connectivity index (χ2n) is 10.3. The fraction of sp³-hybridized carbons (Fsp3) is 0.423. The van der Waals surface area contributed by atoms with Crippen molar-refractivity contribution >= 4 is 38.5 Å². The molecule has 0 aliphatic carbocycles. The van der Waals surface area contributed by atoms with Crippen molar-refractivity contribution < 1.29 is 13.9 Å². The fourth-order valence-corrected chi connectivity index (χ4v) is 7.61. The number of amides is 2. The highest BCUT2D eigenvalue weighted by molar-refractivity contribution is 7.19. The summed E-state index contributed by atoms with van der Waals surface area (Å²) in [6.07, 6.45) is 4.91. The first-order valence-corrected chi connectivity index (χ1v) is 13.5. The molecule has 4 unspecified atom stereocenters. The number of primary amides is 1. The minimum atomic E-state index is -0.377. The number of hydrogen-bond acceptors (Lipinski definition) is 7. The first kappa shape index (κ1) is 23.0. The van der Waals surface area contributed by atoms with Crippen molar-refractivity contribution in [1.29, 1.82) is 0 Å². The van der Waals surface area contributed by atoms with Gasteiger partial charge in [0.1, 0.15) is 12.1 Å². The van der Waals surface area contributed by atoms with Gasteiger partial charge >= 0.3 is 6.03 Å². The van der Waals surface area contributed by atoms with Gasteiger partial charge in [-0.1, -0.05) is 0 Å². The molecular weight excluding hydrogens is 493 g/mol. The summed E-state index contributed by atoms with van der Waals surface area (Å²) >= 11 is 1.71. The predicted octanol–water partition coefficient (Wildman–Crippen LogP) is 3.33. The molecule has 9 nitrogen and oxygen atoms in total. The van der Waals surface area contributed by atoms with Crippen molar-refractivity contribution in [2.75, 3.05) is 45.9 Å². The Morgan fingerprint density at radius 1 is 1.16 bits per heavy atom. The van der Waals surface area contributed by atoms with E-state index in [1.165, 1.54) is 10.9 Å². The molecule has 2 amide bonds. The molecule has 0 saturated carbocycles. The predicted molar refractivity (Wildman–Crippen MR) is 138 cm³/mol. The number of thiophene rings is 1. The molecule has 3 saturated heterocycles. The molecule has 3 N–H and O–H groups in total. The number of halogens is 1. The molecule has 3 aliphatic heterocycles. The SMILES string of the molecule is NC(=O)N1CC2CN(C(c3cc4ncncc4s3)N3CCOC(c4c(F)ccc5[nH]ccc45)C3)CC2C1. The molecule has 0 radical (unpaired) electrons. The quantitative estimate of drug-likeness (QED) is 0.427. The van der Waals surface area contributed by atoms with Crippen LogP contribution in [0.3, 0.4) is 0 Å². The zero-order valence-corrected chi connectivity index (χ0v) is 21.0. The van der Waals surface area contributed by atoms with E-state index in [2.05, 4.69) is 30.8 Å². The van der Waals surface area contributed by atoms with Crippen LogP contribution in [0.4, 0.5) is 9.18 Å². The molecule has 37 heavy (non-hydrogen) atoms. The fourth-order valence-electron chi connectivity index (χ4n) is 6.45. The highest BCUT2D eigenvalue weighted by Gasteiger charge is 2.45. The maximum absolute atomic E-state index is 15.2. The van der Waals surface area contributed by atoms with Crippen LogP contribution in [0.1, 0.15) is 22.7 Å². The molecule has 0 bridgehead atoms. The molecule has 7 rings (SSSR count). The van der Waals surface area contributed by atoms with E-state index in [1.54, 1.807) is 28.6 Å². The molecule has 6 heterocycles. The zero-order valence-electron chi connectivity index (χ0n) is 20.2. The molecule has 3 aliphatic rings. The molecule has 1 aromatic carbocycles. The number of nitrogens with one attached hydrogen (secondary N) is 1. The number of benzene rings is 1. The van der Waals surface area contributed by atoms with Gasteiger partial charge in [0.2, 0.25) is 0 Å². The summed E-state index contributed by atoms with van der Waals surface area (Å²) in [6, 6.07) is 7.04. The second kappa shape index (κ2) is 9.02. The van der Waals surface area contributed by atoms with Crippen LogP contribution in [0.25, 0.3) is 21.1 Å². The summed E-state index contributed by atoms with van der Waals surface area (Å²) in [7, 11) is 0. The van der Waals surface area contributed by atoms with Crippen molar-refractivity contribution in [3.63, 3.8) is 0 Å². The van der Waals surface area contributed by atoms with Crippen LogP contribution in [-0.4, -0.2) is 81.6 Å². The number of morpholine rings is 1. The summed E-state index contributed by atoms with van der Waals surface area (Å²) in [4.78, 5) is 31.5. The number of nitrogens with zero attached hydrogens (tertiary/aromatic N) is 5. The lowest BCUT2D eigenvalue weighted by atomic mass is 10.0. The Balaban J connectivity index is 1.22. The Kier molecular flexibility index (Phi) is 5.61. The van der Waals surface area contributed by atoms with Crippen LogP contribution >= 0.6 is 11.3 Å². The Bertz CT molecular complexity index is 1430. The van der Waals surface area contributed by atoms with Gasteiger partial charge in [0.15, 0.2) is 0 Å². The molecule has 3 fully saturated rings. The summed E-state index contributed by atoms with van der Waals surface area (Å²) in [6.45, 7) is 4.99. The van der Waals surface area contributed by atoms with Crippen LogP contribution in [0, 0.1) is 17.7 Å². The number of fused-ring (bicyclic) bond motifs is 3. The van der Waals surface area contributed by atoms with Gasteiger partial charge < -0.3 is 20.4 Å². The van der Waals surface area contributed by atoms with Gasteiger partial charge in [0.05, 0.1) is 29.1 Å². The number of hydrogen-bond donors (Lipinski definition) is 2. The average Bonchev–Trinajstić information content (AvgIpc) is 3.67. The Labute approximate surface area is 217 Å². The lowest BCUT2D eigenvalue weighted by molar-refractivity contribution is -0.0750. The van der Waals surface area contributed by atoms with Gasteiger partial charge in [-0.2, -0.15) is 0 Å². The standard InChI is InChI=1S/C26H28FN7O2S/c27-18-1-2-19-17(3-4-30-19)24(18)21-13-32(5-6-36-21)25(22-7-20-23(37-22)8-29-14-31-20)33-9-15-11-34(26(28)35)12-16(15)10-33/h1-4,7-8,14-16,21,25,30H,5-6,9-13H2,(H2,28,35). The number of carbonyl (C=O) groups is 1. The van der Waals surface area contributed by atoms with E-state index >= 15 is 4.39 Å². The highest BCUT2D eigenvalue weighted by atomic mass is 32.1. The van der Waals surface area contributed by atoms with Crippen molar-refractivity contribution in [3.05, 3.63) is 59.2 Å². The van der Waals surface area contributed by atoms with E-state index in [9.17, 15) is 4.79 Å². The Hall–Kier alpha value is -3.12. The summed E-state index contributed by atoms with van der Waals surface area (Å²) < 4.78 is 22.4. The van der Waals surface area contributed by atoms with Crippen LogP contribution in [0.15, 0.2) is 43.0 Å². The van der Waals surface area contributed by atoms with Crippen LogP contribution in [-0.2, 0) is 4.74 Å². The number of ether oxygens (including phenoxy) is 1. The van der Waals surface area contributed by atoms with E-state index in [4.69, 9.17) is 10.5 Å². The number of aromatic amines is 1. The molecule has 4 atom stereocenters. The molecular formula is C26H28FN7O2S. The van der Waals surface area contributed by atoms with Crippen LogP contribution < -0.4 is 5.73 Å². The Morgan fingerprint density at radius 2 is 2.00 bits per heavy atom. The first-order chi connectivity index (χ1) is 18.0. The third-order valence-electron chi connectivity index (χ3n) is 8.13. The van der Waals surface area contributed by atoms with E-state index < -0.39 is 0 Å². The Morgan fingerprint density at radius 3 is 2.78 bits per heavy atom. The molecule has 192 valence electrons. The number of aromatic nitrogens is 3. The van der Waals surface area contributed by atoms with E-state index in [0.717, 1.165) is 40.8 Å². The van der Waals surface area contributed by atoms with Crippen molar-refractivity contribution in [1.82, 2.24) is 29.7 Å². The van der Waals surface area contributed by atoms with Crippen molar-refractivity contribution in [2.45, 2.75) is 12.3 Å². The smallest absolute Gasteiger partial charge is 0.314 e. The third kappa shape index (κ3) is 3.97. The van der Waals surface area contributed by atoms with Gasteiger partial charge in [0, 0.05) is 73.0 Å².